The first-order chi connectivity index (χ1) is 12.3. The van der Waals surface area contributed by atoms with Crippen molar-refractivity contribution >= 4 is 17.4 Å². The van der Waals surface area contributed by atoms with Gasteiger partial charge in [0.25, 0.3) is 0 Å². The predicted octanol–water partition coefficient (Wildman–Crippen LogP) is 3.33. The van der Waals surface area contributed by atoms with Gasteiger partial charge in [0.1, 0.15) is 0 Å². The van der Waals surface area contributed by atoms with Crippen molar-refractivity contribution in [2.24, 2.45) is 0 Å². The molecule has 1 saturated carbocycles. The molecule has 0 bridgehead atoms. The summed E-state index contributed by atoms with van der Waals surface area (Å²) in [7, 11) is 0. The summed E-state index contributed by atoms with van der Waals surface area (Å²) in [6.45, 7) is 3.12. The summed E-state index contributed by atoms with van der Waals surface area (Å²) in [5.74, 6) is 0. The van der Waals surface area contributed by atoms with E-state index in [-0.39, 0.29) is 11.6 Å². The number of amides is 2. The molecule has 2 amide bonds. The fourth-order valence-corrected chi connectivity index (χ4v) is 3.40. The topological polar surface area (TPSA) is 53.6 Å². The van der Waals surface area contributed by atoms with E-state index in [1.165, 1.54) is 5.56 Å². The SMILES string of the molecule is O=C(Nc1ccccc1N1CCOCC1)NC1(c2ccccc2)CC1. The minimum atomic E-state index is -0.209. The summed E-state index contributed by atoms with van der Waals surface area (Å²) < 4.78 is 5.42. The lowest BCUT2D eigenvalue weighted by Gasteiger charge is -2.30. The van der Waals surface area contributed by atoms with E-state index in [1.54, 1.807) is 0 Å². The van der Waals surface area contributed by atoms with Crippen molar-refractivity contribution in [3.05, 3.63) is 60.2 Å². The Labute approximate surface area is 148 Å². The van der Waals surface area contributed by atoms with Crippen LogP contribution in [-0.2, 0) is 10.3 Å². The molecule has 2 fully saturated rings. The van der Waals surface area contributed by atoms with Gasteiger partial charge in [0.15, 0.2) is 0 Å². The second-order valence-electron chi connectivity index (χ2n) is 6.64. The number of ether oxygens (including phenoxy) is 1. The molecule has 0 unspecified atom stereocenters. The number of carbonyl (C=O) groups excluding carboxylic acids is 1. The number of urea groups is 1. The van der Waals surface area contributed by atoms with Crippen molar-refractivity contribution in [3.63, 3.8) is 0 Å². The Kier molecular flexibility index (Phi) is 4.32. The van der Waals surface area contributed by atoms with E-state index in [4.69, 9.17) is 4.74 Å². The zero-order valence-corrected chi connectivity index (χ0v) is 14.2. The molecule has 2 aromatic carbocycles. The van der Waals surface area contributed by atoms with E-state index < -0.39 is 0 Å². The van der Waals surface area contributed by atoms with Crippen LogP contribution >= 0.6 is 0 Å². The monoisotopic (exact) mass is 337 g/mol. The third kappa shape index (κ3) is 3.46. The summed E-state index contributed by atoms with van der Waals surface area (Å²) in [6, 6.07) is 18.0. The fraction of sp³-hybridized carbons (Fsp3) is 0.350. The van der Waals surface area contributed by atoms with Gasteiger partial charge in [-0.25, -0.2) is 4.79 Å². The van der Waals surface area contributed by atoms with Crippen LogP contribution in [0.4, 0.5) is 16.2 Å². The Morgan fingerprint density at radius 3 is 2.36 bits per heavy atom. The van der Waals surface area contributed by atoms with Gasteiger partial charge in [-0.05, 0) is 30.5 Å². The first kappa shape index (κ1) is 16.0. The smallest absolute Gasteiger partial charge is 0.319 e. The molecule has 4 rings (SSSR count). The summed E-state index contributed by atoms with van der Waals surface area (Å²) in [4.78, 5) is 14.9. The van der Waals surface area contributed by atoms with Crippen LogP contribution in [0.1, 0.15) is 18.4 Å². The molecule has 1 saturated heterocycles. The van der Waals surface area contributed by atoms with Gasteiger partial charge in [0.05, 0.1) is 30.1 Å². The van der Waals surface area contributed by atoms with Crippen molar-refractivity contribution in [2.75, 3.05) is 36.5 Å². The van der Waals surface area contributed by atoms with Crippen molar-refractivity contribution in [1.82, 2.24) is 5.32 Å². The van der Waals surface area contributed by atoms with Crippen LogP contribution in [0.3, 0.4) is 0 Å². The second kappa shape index (κ2) is 6.76. The second-order valence-corrected chi connectivity index (χ2v) is 6.64. The Balaban J connectivity index is 1.47. The lowest BCUT2D eigenvalue weighted by molar-refractivity contribution is 0.123. The van der Waals surface area contributed by atoms with E-state index in [9.17, 15) is 4.79 Å². The zero-order valence-electron chi connectivity index (χ0n) is 14.2. The van der Waals surface area contributed by atoms with E-state index in [2.05, 4.69) is 27.7 Å². The summed E-state index contributed by atoms with van der Waals surface area (Å²) >= 11 is 0. The van der Waals surface area contributed by atoms with Crippen LogP contribution in [0.5, 0.6) is 0 Å². The van der Waals surface area contributed by atoms with Gasteiger partial charge < -0.3 is 20.3 Å². The molecule has 2 aromatic rings. The molecule has 2 N–H and O–H groups in total. The first-order valence-corrected chi connectivity index (χ1v) is 8.83. The number of nitrogens with zero attached hydrogens (tertiary/aromatic N) is 1. The van der Waals surface area contributed by atoms with Gasteiger partial charge in [-0.2, -0.15) is 0 Å². The third-order valence-corrected chi connectivity index (χ3v) is 4.93. The van der Waals surface area contributed by atoms with Crippen LogP contribution in [0.15, 0.2) is 54.6 Å². The maximum atomic E-state index is 12.6. The number of carbonyl (C=O) groups is 1. The number of hydrogen-bond acceptors (Lipinski definition) is 3. The van der Waals surface area contributed by atoms with E-state index >= 15 is 0 Å². The lowest BCUT2D eigenvalue weighted by Crippen LogP contribution is -2.39. The molecule has 1 aliphatic heterocycles. The van der Waals surface area contributed by atoms with Crippen molar-refractivity contribution in [3.8, 4) is 0 Å². The van der Waals surface area contributed by atoms with Gasteiger partial charge in [0, 0.05) is 13.1 Å². The van der Waals surface area contributed by atoms with Gasteiger partial charge in [-0.3, -0.25) is 0 Å². The van der Waals surface area contributed by atoms with Crippen LogP contribution in [0, 0.1) is 0 Å². The fourth-order valence-electron chi connectivity index (χ4n) is 3.40. The molecule has 0 aromatic heterocycles. The Hall–Kier alpha value is -2.53. The quantitative estimate of drug-likeness (QED) is 0.900. The molecular formula is C20H23N3O2. The van der Waals surface area contributed by atoms with Crippen LogP contribution in [0.2, 0.25) is 0 Å². The number of nitrogens with one attached hydrogen (secondary N) is 2. The number of para-hydroxylation sites is 2. The first-order valence-electron chi connectivity index (χ1n) is 8.83. The average Bonchev–Trinajstić information content (AvgIpc) is 3.44. The normalized spacial score (nSPS) is 18.5. The number of benzene rings is 2. The minimum Gasteiger partial charge on any atom is -0.378 e. The number of hydrogen-bond donors (Lipinski definition) is 2. The van der Waals surface area contributed by atoms with E-state index in [1.807, 2.05) is 42.5 Å². The standard InChI is InChI=1S/C20H23N3O2/c24-19(22-20(10-11-20)16-6-2-1-3-7-16)21-17-8-4-5-9-18(17)23-12-14-25-15-13-23/h1-9H,10-15H2,(H2,21,22,24). The molecule has 1 heterocycles. The molecule has 1 aliphatic carbocycles. The average molecular weight is 337 g/mol. The van der Waals surface area contributed by atoms with Gasteiger partial charge >= 0.3 is 6.03 Å². The van der Waals surface area contributed by atoms with Crippen LogP contribution in [-0.4, -0.2) is 32.3 Å². The predicted molar refractivity (Wildman–Crippen MR) is 99.0 cm³/mol. The summed E-state index contributed by atoms with van der Waals surface area (Å²) in [6.07, 6.45) is 1.96. The maximum absolute atomic E-state index is 12.6. The highest BCUT2D eigenvalue weighted by Gasteiger charge is 2.45. The highest BCUT2D eigenvalue weighted by Crippen LogP contribution is 2.45. The van der Waals surface area contributed by atoms with Gasteiger partial charge in [-0.15, -0.1) is 0 Å². The van der Waals surface area contributed by atoms with Gasteiger partial charge in [0.2, 0.25) is 0 Å². The molecule has 0 spiro atoms. The molecule has 0 atom stereocenters. The highest BCUT2D eigenvalue weighted by molar-refractivity contribution is 5.94. The number of anilines is 2. The Morgan fingerprint density at radius 2 is 1.64 bits per heavy atom. The molecule has 5 nitrogen and oxygen atoms in total. The largest absolute Gasteiger partial charge is 0.378 e. The van der Waals surface area contributed by atoms with Crippen LogP contribution < -0.4 is 15.5 Å². The van der Waals surface area contributed by atoms with Crippen LogP contribution in [0.25, 0.3) is 0 Å². The van der Waals surface area contributed by atoms with E-state index in [0.717, 1.165) is 50.5 Å². The summed E-state index contributed by atoms with van der Waals surface area (Å²) in [5, 5.41) is 6.21. The third-order valence-electron chi connectivity index (χ3n) is 4.93. The highest BCUT2D eigenvalue weighted by atomic mass is 16.5. The van der Waals surface area contributed by atoms with Crippen molar-refractivity contribution in [2.45, 2.75) is 18.4 Å². The molecular weight excluding hydrogens is 314 g/mol. The summed E-state index contributed by atoms with van der Waals surface area (Å²) in [5.41, 5.74) is 2.85. The zero-order chi connectivity index (χ0) is 17.1. The number of rotatable bonds is 4. The van der Waals surface area contributed by atoms with Crippen molar-refractivity contribution < 1.29 is 9.53 Å². The molecule has 0 radical (unpaired) electrons. The minimum absolute atomic E-state index is 0.151. The maximum Gasteiger partial charge on any atom is 0.319 e. The van der Waals surface area contributed by atoms with Gasteiger partial charge in [-0.1, -0.05) is 42.5 Å². The van der Waals surface area contributed by atoms with E-state index in [0.29, 0.717) is 0 Å². The Morgan fingerprint density at radius 1 is 0.960 bits per heavy atom. The molecule has 130 valence electrons. The molecule has 2 aliphatic rings. The molecule has 25 heavy (non-hydrogen) atoms. The van der Waals surface area contributed by atoms with Crippen molar-refractivity contribution in [1.29, 1.82) is 0 Å². The lowest BCUT2D eigenvalue weighted by atomic mass is 10.1. The Bertz CT molecular complexity index is 738. The number of morpholine rings is 1. The molecule has 5 heteroatoms.